The highest BCUT2D eigenvalue weighted by atomic mass is 16.2. The number of aryl methyl sites for hydroxylation is 1. The van der Waals surface area contributed by atoms with Gasteiger partial charge in [-0.05, 0) is 45.6 Å². The molecule has 7 nitrogen and oxygen atoms in total. The number of amides is 4. The summed E-state index contributed by atoms with van der Waals surface area (Å²) in [5.74, 6) is -1.45. The van der Waals surface area contributed by atoms with Crippen LogP contribution in [0.25, 0.3) is 0 Å². The van der Waals surface area contributed by atoms with Gasteiger partial charge in [0.25, 0.3) is 0 Å². The van der Waals surface area contributed by atoms with Gasteiger partial charge in [-0.3, -0.25) is 24.1 Å². The SMILES string of the molecule is CC[C@H](C)NC(=O)[C@H](C)N(Cc1ccc(C)cc1)C(=O)CCN1C(=O)[C@H]2CC=CC[C@H]2C1=O. The molecule has 1 aliphatic heterocycles. The molecule has 0 saturated carbocycles. The van der Waals surface area contributed by atoms with Gasteiger partial charge in [0.1, 0.15) is 6.04 Å². The highest BCUT2D eigenvalue weighted by Gasteiger charge is 2.47. The third kappa shape index (κ3) is 5.70. The summed E-state index contributed by atoms with van der Waals surface area (Å²) >= 11 is 0. The van der Waals surface area contributed by atoms with Crippen LogP contribution in [0.1, 0.15) is 57.6 Å². The molecule has 0 radical (unpaired) electrons. The number of imide groups is 1. The van der Waals surface area contributed by atoms with Crippen molar-refractivity contribution < 1.29 is 19.2 Å². The van der Waals surface area contributed by atoms with Crippen molar-refractivity contribution in [3.63, 3.8) is 0 Å². The van der Waals surface area contributed by atoms with Crippen LogP contribution >= 0.6 is 0 Å². The van der Waals surface area contributed by atoms with Gasteiger partial charge in [-0.1, -0.05) is 48.9 Å². The zero-order chi connectivity index (χ0) is 24.1. The van der Waals surface area contributed by atoms with Crippen LogP contribution < -0.4 is 5.32 Å². The molecule has 1 heterocycles. The van der Waals surface area contributed by atoms with Gasteiger partial charge in [0.2, 0.25) is 23.6 Å². The maximum Gasteiger partial charge on any atom is 0.242 e. The number of carbonyl (C=O) groups is 4. The number of allylic oxidation sites excluding steroid dienone is 2. The maximum atomic E-state index is 13.3. The predicted octanol–water partition coefficient (Wildman–Crippen LogP) is 2.97. The molecule has 1 saturated heterocycles. The van der Waals surface area contributed by atoms with E-state index < -0.39 is 6.04 Å². The molecule has 1 aromatic rings. The minimum Gasteiger partial charge on any atom is -0.352 e. The summed E-state index contributed by atoms with van der Waals surface area (Å²) in [5, 5.41) is 2.95. The Kier molecular flexibility index (Phi) is 8.06. The number of nitrogens with one attached hydrogen (secondary N) is 1. The van der Waals surface area contributed by atoms with Gasteiger partial charge in [-0.15, -0.1) is 0 Å². The summed E-state index contributed by atoms with van der Waals surface area (Å²) in [5.41, 5.74) is 2.03. The molecule has 1 aromatic carbocycles. The van der Waals surface area contributed by atoms with Gasteiger partial charge in [-0.25, -0.2) is 0 Å². The van der Waals surface area contributed by atoms with Crippen LogP contribution in [0.5, 0.6) is 0 Å². The van der Waals surface area contributed by atoms with E-state index in [1.165, 1.54) is 4.90 Å². The molecule has 1 aliphatic carbocycles. The van der Waals surface area contributed by atoms with Gasteiger partial charge < -0.3 is 10.2 Å². The monoisotopic (exact) mass is 453 g/mol. The molecule has 3 rings (SSSR count). The number of rotatable bonds is 9. The van der Waals surface area contributed by atoms with Crippen molar-refractivity contribution in [1.82, 2.24) is 15.1 Å². The molecule has 33 heavy (non-hydrogen) atoms. The second kappa shape index (κ2) is 10.8. The smallest absolute Gasteiger partial charge is 0.242 e. The highest BCUT2D eigenvalue weighted by molar-refractivity contribution is 6.05. The zero-order valence-corrected chi connectivity index (χ0v) is 20.0. The Labute approximate surface area is 196 Å². The quantitative estimate of drug-likeness (QED) is 0.460. The van der Waals surface area contributed by atoms with E-state index in [1.54, 1.807) is 11.8 Å². The number of nitrogens with zero attached hydrogens (tertiary/aromatic N) is 2. The van der Waals surface area contributed by atoms with Gasteiger partial charge in [0, 0.05) is 25.6 Å². The lowest BCUT2D eigenvalue weighted by Crippen LogP contribution is -2.50. The molecule has 1 N–H and O–H groups in total. The number of benzene rings is 1. The average Bonchev–Trinajstić information content (AvgIpc) is 3.06. The van der Waals surface area contributed by atoms with Gasteiger partial charge in [0.05, 0.1) is 11.8 Å². The Morgan fingerprint density at radius 3 is 2.18 bits per heavy atom. The van der Waals surface area contributed by atoms with Crippen LogP contribution in [0.2, 0.25) is 0 Å². The zero-order valence-electron chi connectivity index (χ0n) is 20.0. The lowest BCUT2D eigenvalue weighted by molar-refractivity contribution is -0.143. The maximum absolute atomic E-state index is 13.3. The molecule has 0 bridgehead atoms. The fourth-order valence-electron chi connectivity index (χ4n) is 4.38. The van der Waals surface area contributed by atoms with Crippen LogP contribution in [-0.2, 0) is 25.7 Å². The van der Waals surface area contributed by atoms with E-state index >= 15 is 0 Å². The Morgan fingerprint density at radius 1 is 1.06 bits per heavy atom. The standard InChI is InChI=1S/C26H35N3O4/c1-5-18(3)27-24(31)19(4)29(16-20-12-10-17(2)11-13-20)23(30)14-15-28-25(32)21-8-6-7-9-22(21)26(28)33/h6-7,10-13,18-19,21-22H,5,8-9,14-16H2,1-4H3,(H,27,31)/t18-,19-,21-,22+/m0/s1. The van der Waals surface area contributed by atoms with E-state index in [0.29, 0.717) is 12.8 Å². The Hall–Kier alpha value is -2.96. The summed E-state index contributed by atoms with van der Waals surface area (Å²) in [6.45, 7) is 7.96. The van der Waals surface area contributed by atoms with Crippen molar-refractivity contribution in [2.75, 3.05) is 6.54 Å². The number of hydrogen-bond acceptors (Lipinski definition) is 4. The molecule has 4 atom stereocenters. The molecule has 4 amide bonds. The second-order valence-corrected chi connectivity index (χ2v) is 9.24. The third-order valence-corrected chi connectivity index (χ3v) is 6.79. The molecule has 2 aliphatic rings. The molecular formula is C26H35N3O4. The first kappa shape index (κ1) is 24.7. The topological polar surface area (TPSA) is 86.8 Å². The molecule has 178 valence electrons. The first-order valence-corrected chi connectivity index (χ1v) is 11.9. The summed E-state index contributed by atoms with van der Waals surface area (Å²) in [4.78, 5) is 54.3. The van der Waals surface area contributed by atoms with Crippen LogP contribution in [0, 0.1) is 18.8 Å². The van der Waals surface area contributed by atoms with Gasteiger partial charge in [0.15, 0.2) is 0 Å². The van der Waals surface area contributed by atoms with E-state index in [-0.39, 0.29) is 61.0 Å². The third-order valence-electron chi connectivity index (χ3n) is 6.79. The van der Waals surface area contributed by atoms with Crippen molar-refractivity contribution in [3.8, 4) is 0 Å². The molecule has 0 unspecified atom stereocenters. The summed E-state index contributed by atoms with van der Waals surface area (Å²) in [6, 6.07) is 7.16. The largest absolute Gasteiger partial charge is 0.352 e. The van der Waals surface area contributed by atoms with E-state index in [1.807, 2.05) is 57.2 Å². The van der Waals surface area contributed by atoms with Crippen molar-refractivity contribution in [2.24, 2.45) is 11.8 Å². The second-order valence-electron chi connectivity index (χ2n) is 9.24. The van der Waals surface area contributed by atoms with Crippen molar-refractivity contribution >= 4 is 23.6 Å². The van der Waals surface area contributed by atoms with Crippen molar-refractivity contribution in [2.45, 2.75) is 72.0 Å². The molecule has 0 spiro atoms. The first-order chi connectivity index (χ1) is 15.7. The van der Waals surface area contributed by atoms with Crippen LogP contribution in [0.3, 0.4) is 0 Å². The normalized spacial score (nSPS) is 21.5. The predicted molar refractivity (Wildman–Crippen MR) is 126 cm³/mol. The van der Waals surface area contributed by atoms with Crippen LogP contribution in [0.15, 0.2) is 36.4 Å². The van der Waals surface area contributed by atoms with E-state index in [2.05, 4.69) is 5.32 Å². The average molecular weight is 454 g/mol. The Morgan fingerprint density at radius 2 is 1.64 bits per heavy atom. The Balaban J connectivity index is 1.71. The van der Waals surface area contributed by atoms with E-state index in [0.717, 1.165) is 17.5 Å². The number of carbonyl (C=O) groups excluding carboxylic acids is 4. The van der Waals surface area contributed by atoms with Crippen LogP contribution in [0.4, 0.5) is 0 Å². The van der Waals surface area contributed by atoms with Crippen LogP contribution in [-0.4, -0.2) is 52.1 Å². The van der Waals surface area contributed by atoms with E-state index in [9.17, 15) is 19.2 Å². The number of likely N-dealkylation sites (tertiary alicyclic amines) is 1. The fourth-order valence-corrected chi connectivity index (χ4v) is 4.38. The number of hydrogen-bond donors (Lipinski definition) is 1. The first-order valence-electron chi connectivity index (χ1n) is 11.9. The molecule has 7 heteroatoms. The number of fused-ring (bicyclic) bond motifs is 1. The van der Waals surface area contributed by atoms with Gasteiger partial charge in [-0.2, -0.15) is 0 Å². The minimum absolute atomic E-state index is 0.00282. The fraction of sp³-hybridized carbons (Fsp3) is 0.538. The highest BCUT2D eigenvalue weighted by Crippen LogP contribution is 2.35. The minimum atomic E-state index is -0.676. The lowest BCUT2D eigenvalue weighted by atomic mass is 9.85. The summed E-state index contributed by atoms with van der Waals surface area (Å²) in [7, 11) is 0. The molecular weight excluding hydrogens is 418 g/mol. The summed E-state index contributed by atoms with van der Waals surface area (Å²) in [6.07, 6.45) is 5.83. The molecule has 1 fully saturated rings. The van der Waals surface area contributed by atoms with Gasteiger partial charge >= 0.3 is 0 Å². The summed E-state index contributed by atoms with van der Waals surface area (Å²) < 4.78 is 0. The van der Waals surface area contributed by atoms with Crippen molar-refractivity contribution in [3.05, 3.63) is 47.5 Å². The Bertz CT molecular complexity index is 898. The van der Waals surface area contributed by atoms with E-state index in [4.69, 9.17) is 0 Å². The lowest BCUT2D eigenvalue weighted by Gasteiger charge is -2.30. The molecule has 0 aromatic heterocycles. The van der Waals surface area contributed by atoms with Crippen molar-refractivity contribution in [1.29, 1.82) is 0 Å².